The predicted octanol–water partition coefficient (Wildman–Crippen LogP) is 1.86. The molecule has 0 aromatic carbocycles. The first-order valence-corrected chi connectivity index (χ1v) is 5.15. The number of hydrogen-bond donors (Lipinski definition) is 1. The molecular formula is C9H6N4O2S. The van der Waals surface area contributed by atoms with Crippen LogP contribution in [-0.4, -0.2) is 20.6 Å². The molecule has 0 aliphatic heterocycles. The summed E-state index contributed by atoms with van der Waals surface area (Å²) in [5.41, 5.74) is 0.272. The molecule has 6 nitrogen and oxygen atoms in total. The fraction of sp³-hybridized carbons (Fsp3) is 0. The molecule has 0 spiro atoms. The van der Waals surface area contributed by atoms with E-state index < -0.39 is 4.92 Å². The smallest absolute Gasteiger partial charge is 0.273 e. The summed E-state index contributed by atoms with van der Waals surface area (Å²) < 4.78 is 0. The lowest BCUT2D eigenvalue weighted by atomic mass is 10.2. The van der Waals surface area contributed by atoms with Crippen LogP contribution in [0.1, 0.15) is 10.7 Å². The lowest BCUT2D eigenvalue weighted by Gasteiger charge is -1.98. The van der Waals surface area contributed by atoms with Gasteiger partial charge < -0.3 is 0 Å². The molecule has 0 aliphatic carbocycles. The Balaban J connectivity index is 2.38. The molecule has 0 unspecified atom stereocenters. The van der Waals surface area contributed by atoms with Crippen LogP contribution in [0.4, 0.5) is 5.69 Å². The number of aromatic nitrogens is 2. The fourth-order valence-electron chi connectivity index (χ4n) is 1.13. The topological polar surface area (TPSA) is 92.8 Å². The van der Waals surface area contributed by atoms with E-state index in [1.807, 2.05) is 0 Å². The van der Waals surface area contributed by atoms with Crippen LogP contribution in [0.3, 0.4) is 0 Å². The summed E-state index contributed by atoms with van der Waals surface area (Å²) in [4.78, 5) is 17.9. The number of pyridine rings is 1. The second-order valence-corrected chi connectivity index (χ2v) is 3.76. The van der Waals surface area contributed by atoms with E-state index in [1.54, 1.807) is 11.6 Å². The van der Waals surface area contributed by atoms with Crippen molar-refractivity contribution in [1.29, 1.82) is 5.41 Å². The van der Waals surface area contributed by atoms with Crippen molar-refractivity contribution in [3.05, 3.63) is 50.7 Å². The van der Waals surface area contributed by atoms with E-state index in [2.05, 4.69) is 9.97 Å². The molecule has 0 atom stereocenters. The van der Waals surface area contributed by atoms with Crippen molar-refractivity contribution in [2.24, 2.45) is 0 Å². The van der Waals surface area contributed by atoms with E-state index in [1.165, 1.54) is 29.7 Å². The van der Waals surface area contributed by atoms with E-state index in [0.29, 0.717) is 5.01 Å². The minimum Gasteiger partial charge on any atom is -0.296 e. The van der Waals surface area contributed by atoms with E-state index in [9.17, 15) is 10.1 Å². The molecule has 1 N–H and O–H groups in total. The predicted molar refractivity (Wildman–Crippen MR) is 58.9 cm³/mol. The molecule has 0 bridgehead atoms. The van der Waals surface area contributed by atoms with Crippen LogP contribution in [0.5, 0.6) is 0 Å². The van der Waals surface area contributed by atoms with Crippen LogP contribution in [-0.2, 0) is 0 Å². The first kappa shape index (κ1) is 10.4. The second-order valence-electron chi connectivity index (χ2n) is 2.87. The molecule has 2 rings (SSSR count). The molecule has 2 aromatic heterocycles. The van der Waals surface area contributed by atoms with Gasteiger partial charge in [0.25, 0.3) is 5.69 Å². The maximum absolute atomic E-state index is 10.6. The zero-order valence-corrected chi connectivity index (χ0v) is 8.77. The van der Waals surface area contributed by atoms with E-state index in [-0.39, 0.29) is 17.1 Å². The van der Waals surface area contributed by atoms with Crippen LogP contribution in [0.15, 0.2) is 29.9 Å². The average Bonchev–Trinajstić information content (AvgIpc) is 2.81. The molecule has 2 aromatic rings. The summed E-state index contributed by atoms with van der Waals surface area (Å²) in [5, 5.41) is 20.6. The molecule has 0 fully saturated rings. The highest BCUT2D eigenvalue weighted by Crippen LogP contribution is 2.15. The van der Waals surface area contributed by atoms with Gasteiger partial charge in [0.15, 0.2) is 0 Å². The molecular weight excluding hydrogens is 228 g/mol. The maximum atomic E-state index is 10.6. The third-order valence-corrected chi connectivity index (χ3v) is 2.65. The van der Waals surface area contributed by atoms with Crippen molar-refractivity contribution in [3.8, 4) is 0 Å². The van der Waals surface area contributed by atoms with Crippen LogP contribution in [0.25, 0.3) is 0 Å². The van der Waals surface area contributed by atoms with E-state index in [0.717, 1.165) is 0 Å². The third kappa shape index (κ3) is 1.94. The number of rotatable bonds is 3. The largest absolute Gasteiger partial charge is 0.296 e. The first-order valence-electron chi connectivity index (χ1n) is 4.27. The van der Waals surface area contributed by atoms with Crippen molar-refractivity contribution >= 4 is 22.7 Å². The monoisotopic (exact) mass is 234 g/mol. The molecule has 0 aliphatic rings. The summed E-state index contributed by atoms with van der Waals surface area (Å²) in [6.07, 6.45) is 2.89. The van der Waals surface area contributed by atoms with Gasteiger partial charge in [0.1, 0.15) is 10.7 Å². The van der Waals surface area contributed by atoms with Gasteiger partial charge in [-0.2, -0.15) is 0 Å². The van der Waals surface area contributed by atoms with Crippen molar-refractivity contribution in [1.82, 2.24) is 9.97 Å². The summed E-state index contributed by atoms with van der Waals surface area (Å²) in [5.74, 6) is 0. The normalized spacial score (nSPS) is 10.0. The Labute approximate surface area is 94.3 Å². The highest BCUT2D eigenvalue weighted by molar-refractivity contribution is 7.11. The Morgan fingerprint density at radius 3 is 2.88 bits per heavy atom. The second kappa shape index (κ2) is 4.15. The maximum Gasteiger partial charge on any atom is 0.273 e. The Morgan fingerprint density at radius 2 is 2.25 bits per heavy atom. The van der Waals surface area contributed by atoms with Gasteiger partial charge in [0, 0.05) is 29.9 Å². The van der Waals surface area contributed by atoms with Gasteiger partial charge in [0.2, 0.25) is 0 Å². The number of hydrogen-bond acceptors (Lipinski definition) is 6. The highest BCUT2D eigenvalue weighted by Gasteiger charge is 2.13. The van der Waals surface area contributed by atoms with Crippen LogP contribution in [0, 0.1) is 15.5 Å². The highest BCUT2D eigenvalue weighted by atomic mass is 32.1. The minimum absolute atomic E-state index is 0.0775. The van der Waals surface area contributed by atoms with E-state index in [4.69, 9.17) is 5.41 Å². The van der Waals surface area contributed by atoms with Gasteiger partial charge in [-0.25, -0.2) is 4.98 Å². The molecule has 80 valence electrons. The molecule has 16 heavy (non-hydrogen) atoms. The summed E-state index contributed by atoms with van der Waals surface area (Å²) in [6, 6.07) is 2.56. The summed E-state index contributed by atoms with van der Waals surface area (Å²) in [7, 11) is 0. The zero-order valence-electron chi connectivity index (χ0n) is 7.95. The fourth-order valence-corrected chi connectivity index (χ4v) is 1.72. The molecule has 0 saturated heterocycles. The molecule has 7 heteroatoms. The SMILES string of the molecule is N=C(c1cc([N+](=O)[O-])ccn1)c1nccs1. The number of nitrogens with zero attached hydrogens (tertiary/aromatic N) is 3. The molecule has 2 heterocycles. The number of thiazole rings is 1. The summed E-state index contributed by atoms with van der Waals surface area (Å²) in [6.45, 7) is 0. The van der Waals surface area contributed by atoms with Crippen molar-refractivity contribution in [3.63, 3.8) is 0 Å². The van der Waals surface area contributed by atoms with Gasteiger partial charge in [-0.05, 0) is 0 Å². The van der Waals surface area contributed by atoms with Crippen molar-refractivity contribution in [2.45, 2.75) is 0 Å². The quantitative estimate of drug-likeness (QED) is 0.498. The van der Waals surface area contributed by atoms with Crippen LogP contribution < -0.4 is 0 Å². The van der Waals surface area contributed by atoms with Crippen molar-refractivity contribution in [2.75, 3.05) is 0 Å². The van der Waals surface area contributed by atoms with Crippen molar-refractivity contribution < 1.29 is 4.92 Å². The number of nitrogens with one attached hydrogen (secondary N) is 1. The third-order valence-electron chi connectivity index (χ3n) is 1.86. The lowest BCUT2D eigenvalue weighted by Crippen LogP contribution is -2.04. The van der Waals surface area contributed by atoms with Gasteiger partial charge >= 0.3 is 0 Å². The standard InChI is InChI=1S/C9H6N4O2S/c10-8(9-12-3-4-16-9)7-5-6(13(14)15)1-2-11-7/h1-5,10H. The van der Waals surface area contributed by atoms with Crippen LogP contribution >= 0.6 is 11.3 Å². The van der Waals surface area contributed by atoms with Gasteiger partial charge in [0.05, 0.1) is 10.6 Å². The minimum atomic E-state index is -0.514. The Kier molecular flexibility index (Phi) is 2.69. The molecule has 0 amide bonds. The molecule has 0 saturated carbocycles. The Bertz CT molecular complexity index is 538. The summed E-state index contributed by atoms with van der Waals surface area (Å²) >= 11 is 1.29. The molecule has 0 radical (unpaired) electrons. The Hall–Kier alpha value is -2.15. The first-order chi connectivity index (χ1) is 7.68. The average molecular weight is 234 g/mol. The lowest BCUT2D eigenvalue weighted by molar-refractivity contribution is -0.384. The van der Waals surface area contributed by atoms with Crippen LogP contribution in [0.2, 0.25) is 0 Å². The van der Waals surface area contributed by atoms with Gasteiger partial charge in [-0.1, -0.05) is 0 Å². The number of nitro groups is 1. The van der Waals surface area contributed by atoms with Gasteiger partial charge in [-0.15, -0.1) is 11.3 Å². The Morgan fingerprint density at radius 1 is 1.44 bits per heavy atom. The zero-order chi connectivity index (χ0) is 11.5. The van der Waals surface area contributed by atoms with E-state index >= 15 is 0 Å². The van der Waals surface area contributed by atoms with Gasteiger partial charge in [-0.3, -0.25) is 20.5 Å².